The first-order valence-corrected chi connectivity index (χ1v) is 6.95. The molecule has 0 fully saturated rings. The first-order valence-electron chi connectivity index (χ1n) is 6.95. The summed E-state index contributed by atoms with van der Waals surface area (Å²) in [5.41, 5.74) is 3.64. The van der Waals surface area contributed by atoms with Crippen molar-refractivity contribution >= 4 is 0 Å². The first-order chi connectivity index (χ1) is 10.8. The molecule has 5 nitrogen and oxygen atoms in total. The molecule has 0 spiro atoms. The molecule has 5 heteroatoms. The molecule has 0 amide bonds. The van der Waals surface area contributed by atoms with Gasteiger partial charge in [0, 0.05) is 5.57 Å². The van der Waals surface area contributed by atoms with E-state index in [4.69, 9.17) is 10.5 Å². The summed E-state index contributed by atoms with van der Waals surface area (Å²) in [5.74, 6) is 0. The van der Waals surface area contributed by atoms with Gasteiger partial charge in [-0.25, -0.2) is 9.67 Å². The van der Waals surface area contributed by atoms with Crippen LogP contribution in [-0.2, 0) is 0 Å². The van der Waals surface area contributed by atoms with E-state index in [0.717, 1.165) is 24.0 Å². The Morgan fingerprint density at radius 3 is 2.41 bits per heavy atom. The molecule has 1 aromatic heterocycles. The van der Waals surface area contributed by atoms with Gasteiger partial charge in [0.15, 0.2) is 0 Å². The van der Waals surface area contributed by atoms with Crippen LogP contribution in [0.4, 0.5) is 0 Å². The summed E-state index contributed by atoms with van der Waals surface area (Å²) in [5, 5.41) is 22.2. The SMILES string of the molecule is N#CC1=CC=C(C(c2ccc(C#N)cc2)n2cncn2)CC1. The minimum Gasteiger partial charge on any atom is -0.241 e. The van der Waals surface area contributed by atoms with E-state index in [0.29, 0.717) is 5.56 Å². The predicted molar refractivity (Wildman–Crippen MR) is 80.3 cm³/mol. The molecule has 22 heavy (non-hydrogen) atoms. The van der Waals surface area contributed by atoms with Crippen LogP contribution in [-0.4, -0.2) is 14.8 Å². The van der Waals surface area contributed by atoms with E-state index < -0.39 is 0 Å². The lowest BCUT2D eigenvalue weighted by Crippen LogP contribution is -2.15. The summed E-state index contributed by atoms with van der Waals surface area (Å²) in [6.07, 6.45) is 8.61. The third-order valence-electron chi connectivity index (χ3n) is 3.73. The first kappa shape index (κ1) is 13.8. The van der Waals surface area contributed by atoms with Crippen molar-refractivity contribution in [2.45, 2.75) is 18.9 Å². The number of hydrogen-bond acceptors (Lipinski definition) is 4. The van der Waals surface area contributed by atoms with E-state index >= 15 is 0 Å². The lowest BCUT2D eigenvalue weighted by Gasteiger charge is -2.23. The molecule has 106 valence electrons. The molecule has 1 aliphatic rings. The Kier molecular flexibility index (Phi) is 3.80. The Morgan fingerprint density at radius 1 is 1.05 bits per heavy atom. The highest BCUT2D eigenvalue weighted by molar-refractivity contribution is 5.40. The summed E-state index contributed by atoms with van der Waals surface area (Å²) >= 11 is 0. The van der Waals surface area contributed by atoms with Crippen LogP contribution < -0.4 is 0 Å². The third-order valence-corrected chi connectivity index (χ3v) is 3.73. The summed E-state index contributed by atoms with van der Waals surface area (Å²) in [7, 11) is 0. The van der Waals surface area contributed by atoms with Crippen molar-refractivity contribution in [2.24, 2.45) is 0 Å². The Balaban J connectivity index is 2.02. The second kappa shape index (κ2) is 6.07. The van der Waals surface area contributed by atoms with Gasteiger partial charge in [-0.05, 0) is 42.2 Å². The number of rotatable bonds is 3. The largest absolute Gasteiger partial charge is 0.241 e. The average molecular weight is 287 g/mol. The van der Waals surface area contributed by atoms with Crippen LogP contribution >= 0.6 is 0 Å². The van der Waals surface area contributed by atoms with Crippen LogP contribution in [0.15, 0.2) is 60.2 Å². The highest BCUT2D eigenvalue weighted by Crippen LogP contribution is 2.32. The molecule has 1 heterocycles. The van der Waals surface area contributed by atoms with Gasteiger partial charge in [-0.2, -0.15) is 15.6 Å². The zero-order chi connectivity index (χ0) is 15.4. The Hall–Kier alpha value is -3.18. The van der Waals surface area contributed by atoms with Gasteiger partial charge in [0.2, 0.25) is 0 Å². The molecule has 2 aromatic rings. The molecule has 0 radical (unpaired) electrons. The van der Waals surface area contributed by atoms with Crippen LogP contribution in [0.2, 0.25) is 0 Å². The topological polar surface area (TPSA) is 78.3 Å². The molecule has 0 bridgehead atoms. The predicted octanol–water partition coefficient (Wildman–Crippen LogP) is 2.91. The van der Waals surface area contributed by atoms with Gasteiger partial charge in [-0.15, -0.1) is 0 Å². The molecule has 1 aromatic carbocycles. The molecule has 0 N–H and O–H groups in total. The Morgan fingerprint density at radius 2 is 1.86 bits per heavy atom. The molecule has 0 saturated carbocycles. The monoisotopic (exact) mass is 287 g/mol. The van der Waals surface area contributed by atoms with Gasteiger partial charge in [0.25, 0.3) is 0 Å². The number of aromatic nitrogens is 3. The van der Waals surface area contributed by atoms with Crippen LogP contribution in [0, 0.1) is 22.7 Å². The highest BCUT2D eigenvalue weighted by atomic mass is 15.3. The molecule has 1 atom stereocenters. The summed E-state index contributed by atoms with van der Waals surface area (Å²) in [6.45, 7) is 0. The van der Waals surface area contributed by atoms with Gasteiger partial charge in [-0.3, -0.25) is 0 Å². The van der Waals surface area contributed by atoms with E-state index in [1.807, 2.05) is 24.3 Å². The van der Waals surface area contributed by atoms with Crippen molar-refractivity contribution in [3.63, 3.8) is 0 Å². The van der Waals surface area contributed by atoms with Crippen LogP contribution in [0.3, 0.4) is 0 Å². The average Bonchev–Trinajstić information content (AvgIpc) is 3.10. The number of nitrogens with zero attached hydrogens (tertiary/aromatic N) is 5. The molecule has 0 aliphatic heterocycles. The molecule has 1 unspecified atom stereocenters. The minimum absolute atomic E-state index is 0.0632. The maximum absolute atomic E-state index is 8.97. The fourth-order valence-electron chi connectivity index (χ4n) is 2.60. The fourth-order valence-corrected chi connectivity index (χ4v) is 2.60. The molecular formula is C17H13N5. The van der Waals surface area contributed by atoms with E-state index in [-0.39, 0.29) is 6.04 Å². The smallest absolute Gasteiger partial charge is 0.137 e. The second-order valence-electron chi connectivity index (χ2n) is 5.06. The maximum Gasteiger partial charge on any atom is 0.137 e. The normalized spacial score (nSPS) is 15.2. The number of allylic oxidation sites excluding steroid dienone is 4. The number of nitriles is 2. The van der Waals surface area contributed by atoms with Gasteiger partial charge >= 0.3 is 0 Å². The van der Waals surface area contributed by atoms with Crippen molar-refractivity contribution in [2.75, 3.05) is 0 Å². The summed E-state index contributed by atoms with van der Waals surface area (Å²) in [4.78, 5) is 4.03. The number of benzene rings is 1. The van der Waals surface area contributed by atoms with Crippen molar-refractivity contribution in [1.82, 2.24) is 14.8 Å². The van der Waals surface area contributed by atoms with Gasteiger partial charge in [0.05, 0.1) is 23.7 Å². The second-order valence-corrected chi connectivity index (χ2v) is 5.06. The maximum atomic E-state index is 8.97. The molecular weight excluding hydrogens is 274 g/mol. The quantitative estimate of drug-likeness (QED) is 0.869. The van der Waals surface area contributed by atoms with Crippen LogP contribution in [0.1, 0.15) is 30.0 Å². The highest BCUT2D eigenvalue weighted by Gasteiger charge is 2.21. The lowest BCUT2D eigenvalue weighted by atomic mass is 9.90. The van der Waals surface area contributed by atoms with Crippen LogP contribution in [0.25, 0.3) is 0 Å². The zero-order valence-electron chi connectivity index (χ0n) is 11.8. The summed E-state index contributed by atoms with van der Waals surface area (Å²) in [6, 6.07) is 11.8. The van der Waals surface area contributed by atoms with E-state index in [1.54, 1.807) is 23.1 Å². The molecule has 0 saturated heterocycles. The van der Waals surface area contributed by atoms with Crippen molar-refractivity contribution < 1.29 is 0 Å². The minimum atomic E-state index is -0.0632. The van der Waals surface area contributed by atoms with Gasteiger partial charge in [0.1, 0.15) is 12.7 Å². The Labute approximate surface area is 128 Å². The lowest BCUT2D eigenvalue weighted by molar-refractivity contribution is 0.564. The standard InChI is InChI=1S/C17H13N5/c18-9-13-1-5-15(6-2-13)17(22-12-20-11-21-22)16-7-3-14(10-19)4-8-16/h1-3,5-7,11-12,17H,4,8H2. The number of hydrogen-bond donors (Lipinski definition) is 0. The fraction of sp³-hybridized carbons (Fsp3) is 0.176. The van der Waals surface area contributed by atoms with Crippen molar-refractivity contribution in [3.8, 4) is 12.1 Å². The summed E-state index contributed by atoms with van der Waals surface area (Å²) < 4.78 is 1.80. The van der Waals surface area contributed by atoms with Crippen molar-refractivity contribution in [3.05, 3.63) is 71.3 Å². The molecule has 3 rings (SSSR count). The van der Waals surface area contributed by atoms with E-state index in [1.165, 1.54) is 11.9 Å². The van der Waals surface area contributed by atoms with Crippen LogP contribution in [0.5, 0.6) is 0 Å². The van der Waals surface area contributed by atoms with Gasteiger partial charge in [-0.1, -0.05) is 18.2 Å². The van der Waals surface area contributed by atoms with E-state index in [2.05, 4.69) is 22.2 Å². The van der Waals surface area contributed by atoms with Gasteiger partial charge < -0.3 is 0 Å². The van der Waals surface area contributed by atoms with E-state index in [9.17, 15) is 0 Å². The third kappa shape index (κ3) is 2.65. The molecule has 1 aliphatic carbocycles. The Bertz CT molecular complexity index is 798. The zero-order valence-corrected chi connectivity index (χ0v) is 11.8. The van der Waals surface area contributed by atoms with Crippen molar-refractivity contribution in [1.29, 1.82) is 10.5 Å².